The summed E-state index contributed by atoms with van der Waals surface area (Å²) in [5, 5.41) is 3.22. The number of rotatable bonds is 7. The van der Waals surface area contributed by atoms with Crippen LogP contribution in [0.15, 0.2) is 18.2 Å². The summed E-state index contributed by atoms with van der Waals surface area (Å²) in [5.74, 6) is 1.09. The van der Waals surface area contributed by atoms with Crippen LogP contribution >= 0.6 is 0 Å². The largest absolute Gasteiger partial charge is 0.496 e. The molecule has 1 unspecified atom stereocenters. The Hall–Kier alpha value is -1.07. The lowest BCUT2D eigenvalue weighted by atomic mass is 10.0. The van der Waals surface area contributed by atoms with Gasteiger partial charge in [-0.05, 0) is 44.0 Å². The van der Waals surface area contributed by atoms with E-state index in [0.717, 1.165) is 23.3 Å². The quantitative estimate of drug-likeness (QED) is 0.833. The van der Waals surface area contributed by atoms with Crippen molar-refractivity contribution in [3.63, 3.8) is 0 Å². The molecule has 0 aromatic heterocycles. The molecule has 0 fully saturated rings. The van der Waals surface area contributed by atoms with Crippen LogP contribution in [0.25, 0.3) is 0 Å². The number of sulfone groups is 1. The molecule has 1 rings (SSSR count). The first-order valence-electron chi connectivity index (χ1n) is 6.37. The van der Waals surface area contributed by atoms with Gasteiger partial charge < -0.3 is 10.1 Å². The van der Waals surface area contributed by atoms with Crippen molar-refractivity contribution in [3.05, 3.63) is 29.3 Å². The maximum absolute atomic E-state index is 11.1. The van der Waals surface area contributed by atoms with Crippen LogP contribution in [0.2, 0.25) is 0 Å². The standard InChI is InChI=1S/C14H23NO3S/c1-11-7-8-12(10-14(11)18-3)13(15-2)6-5-9-19(4,16)17/h7-8,10,13,15H,5-6,9H2,1-4H3. The Morgan fingerprint density at radius 1 is 1.37 bits per heavy atom. The van der Waals surface area contributed by atoms with Crippen molar-refractivity contribution in [1.29, 1.82) is 0 Å². The molecule has 0 heterocycles. The lowest BCUT2D eigenvalue weighted by Crippen LogP contribution is -2.17. The topological polar surface area (TPSA) is 55.4 Å². The molecule has 0 aliphatic heterocycles. The normalized spacial score (nSPS) is 13.3. The van der Waals surface area contributed by atoms with Crippen LogP contribution in [0, 0.1) is 6.92 Å². The smallest absolute Gasteiger partial charge is 0.147 e. The summed E-state index contributed by atoms with van der Waals surface area (Å²) >= 11 is 0. The third-order valence-corrected chi connectivity index (χ3v) is 4.22. The summed E-state index contributed by atoms with van der Waals surface area (Å²) in [6.45, 7) is 2.00. The molecule has 0 amide bonds. The maximum atomic E-state index is 11.1. The predicted octanol–water partition coefficient (Wildman–Crippen LogP) is 2.09. The highest BCUT2D eigenvalue weighted by Gasteiger charge is 2.12. The molecule has 0 aliphatic carbocycles. The van der Waals surface area contributed by atoms with Crippen LogP contribution in [0.4, 0.5) is 0 Å². The number of methoxy groups -OCH3 is 1. The van der Waals surface area contributed by atoms with E-state index in [4.69, 9.17) is 4.74 Å². The first-order valence-corrected chi connectivity index (χ1v) is 8.43. The van der Waals surface area contributed by atoms with Crippen LogP contribution in [0.1, 0.15) is 30.0 Å². The molecule has 0 saturated carbocycles. The molecule has 19 heavy (non-hydrogen) atoms. The van der Waals surface area contributed by atoms with Gasteiger partial charge in [0.05, 0.1) is 7.11 Å². The molecule has 0 radical (unpaired) electrons. The summed E-state index contributed by atoms with van der Waals surface area (Å²) in [6, 6.07) is 6.24. The summed E-state index contributed by atoms with van der Waals surface area (Å²) < 4.78 is 27.6. The van der Waals surface area contributed by atoms with Crippen LogP contribution < -0.4 is 10.1 Å². The van der Waals surface area contributed by atoms with Gasteiger partial charge in [0.15, 0.2) is 0 Å². The zero-order valence-corrected chi connectivity index (χ0v) is 12.9. The maximum Gasteiger partial charge on any atom is 0.147 e. The van der Waals surface area contributed by atoms with E-state index in [2.05, 4.69) is 11.4 Å². The van der Waals surface area contributed by atoms with Crippen molar-refractivity contribution in [1.82, 2.24) is 5.32 Å². The van der Waals surface area contributed by atoms with Gasteiger partial charge in [-0.2, -0.15) is 0 Å². The Morgan fingerprint density at radius 2 is 2.05 bits per heavy atom. The van der Waals surface area contributed by atoms with Crippen LogP contribution in [0.5, 0.6) is 5.75 Å². The summed E-state index contributed by atoms with van der Waals surface area (Å²) in [7, 11) is 0.661. The molecule has 5 heteroatoms. The van der Waals surface area contributed by atoms with E-state index < -0.39 is 9.84 Å². The molecule has 1 N–H and O–H groups in total. The van der Waals surface area contributed by atoms with Crippen molar-refractivity contribution < 1.29 is 13.2 Å². The minimum absolute atomic E-state index is 0.149. The monoisotopic (exact) mass is 285 g/mol. The molecule has 0 saturated heterocycles. The Morgan fingerprint density at radius 3 is 2.58 bits per heavy atom. The average Bonchev–Trinajstić information content (AvgIpc) is 2.34. The molecule has 0 aliphatic rings. The summed E-state index contributed by atoms with van der Waals surface area (Å²) in [4.78, 5) is 0. The van der Waals surface area contributed by atoms with Crippen molar-refractivity contribution in [3.8, 4) is 5.75 Å². The lowest BCUT2D eigenvalue weighted by Gasteiger charge is -2.18. The summed E-state index contributed by atoms with van der Waals surface area (Å²) in [6.07, 6.45) is 2.71. The van der Waals surface area contributed by atoms with E-state index >= 15 is 0 Å². The highest BCUT2D eigenvalue weighted by atomic mass is 32.2. The molecule has 1 aromatic rings. The van der Waals surface area contributed by atoms with Crippen molar-refractivity contribution in [2.75, 3.05) is 26.2 Å². The van der Waals surface area contributed by atoms with Gasteiger partial charge in [0.2, 0.25) is 0 Å². The first kappa shape index (κ1) is 16.0. The Bertz CT molecular complexity index is 511. The third kappa shape index (κ3) is 5.20. The van der Waals surface area contributed by atoms with Crippen LogP contribution in [-0.2, 0) is 9.84 Å². The molecule has 1 atom stereocenters. The van der Waals surface area contributed by atoms with Gasteiger partial charge >= 0.3 is 0 Å². The average molecular weight is 285 g/mol. The highest BCUT2D eigenvalue weighted by Crippen LogP contribution is 2.25. The Labute approximate surface area is 116 Å². The molecule has 0 spiro atoms. The zero-order valence-electron chi connectivity index (χ0n) is 12.1. The molecular weight excluding hydrogens is 262 g/mol. The van der Waals surface area contributed by atoms with Crippen molar-refractivity contribution in [2.24, 2.45) is 0 Å². The fraction of sp³-hybridized carbons (Fsp3) is 0.571. The van der Waals surface area contributed by atoms with Gasteiger partial charge in [-0.25, -0.2) is 8.42 Å². The van der Waals surface area contributed by atoms with E-state index in [-0.39, 0.29) is 11.8 Å². The number of benzene rings is 1. The zero-order chi connectivity index (χ0) is 14.5. The van der Waals surface area contributed by atoms with Gasteiger partial charge in [-0.3, -0.25) is 0 Å². The SMILES string of the molecule is CNC(CCCS(C)(=O)=O)c1ccc(C)c(OC)c1. The number of aryl methyl sites for hydroxylation is 1. The second-order valence-corrected chi connectivity index (χ2v) is 7.10. The predicted molar refractivity (Wildman–Crippen MR) is 78.5 cm³/mol. The minimum Gasteiger partial charge on any atom is -0.496 e. The fourth-order valence-electron chi connectivity index (χ4n) is 2.08. The fourth-order valence-corrected chi connectivity index (χ4v) is 2.77. The van der Waals surface area contributed by atoms with Crippen molar-refractivity contribution >= 4 is 9.84 Å². The lowest BCUT2D eigenvalue weighted by molar-refractivity contribution is 0.409. The number of hydrogen-bond acceptors (Lipinski definition) is 4. The van der Waals surface area contributed by atoms with Gasteiger partial charge in [-0.1, -0.05) is 12.1 Å². The van der Waals surface area contributed by atoms with E-state index in [9.17, 15) is 8.42 Å². The van der Waals surface area contributed by atoms with E-state index in [0.29, 0.717) is 6.42 Å². The molecule has 4 nitrogen and oxygen atoms in total. The highest BCUT2D eigenvalue weighted by molar-refractivity contribution is 7.90. The van der Waals surface area contributed by atoms with Crippen LogP contribution in [-0.4, -0.2) is 34.6 Å². The molecular formula is C14H23NO3S. The first-order chi connectivity index (χ1) is 8.87. The second kappa shape index (κ2) is 6.91. The second-order valence-electron chi connectivity index (χ2n) is 4.84. The van der Waals surface area contributed by atoms with E-state index in [1.165, 1.54) is 6.26 Å². The molecule has 108 valence electrons. The van der Waals surface area contributed by atoms with E-state index in [1.807, 2.05) is 26.1 Å². The van der Waals surface area contributed by atoms with Gasteiger partial charge in [0.25, 0.3) is 0 Å². The Balaban J connectivity index is 2.74. The van der Waals surface area contributed by atoms with Gasteiger partial charge in [0.1, 0.15) is 15.6 Å². The number of nitrogens with one attached hydrogen (secondary N) is 1. The van der Waals surface area contributed by atoms with E-state index in [1.54, 1.807) is 7.11 Å². The Kier molecular flexibility index (Phi) is 5.82. The minimum atomic E-state index is -2.88. The van der Waals surface area contributed by atoms with Gasteiger partial charge in [-0.15, -0.1) is 0 Å². The summed E-state index contributed by atoms with van der Waals surface area (Å²) in [5.41, 5.74) is 2.22. The van der Waals surface area contributed by atoms with Crippen molar-refractivity contribution in [2.45, 2.75) is 25.8 Å². The number of hydrogen-bond donors (Lipinski definition) is 1. The van der Waals surface area contributed by atoms with Crippen LogP contribution in [0.3, 0.4) is 0 Å². The third-order valence-electron chi connectivity index (χ3n) is 3.19. The molecule has 1 aromatic carbocycles. The van der Waals surface area contributed by atoms with Gasteiger partial charge in [0, 0.05) is 18.1 Å². The number of ether oxygens (including phenoxy) is 1. The molecule has 0 bridgehead atoms.